The van der Waals surface area contributed by atoms with Crippen LogP contribution in [0.25, 0.3) is 20.8 Å². The number of carbonyl (C=O) groups is 2. The summed E-state index contributed by atoms with van der Waals surface area (Å²) in [6.45, 7) is -0.274. The first kappa shape index (κ1) is 19.9. The van der Waals surface area contributed by atoms with Gasteiger partial charge in [0, 0.05) is 17.5 Å². The summed E-state index contributed by atoms with van der Waals surface area (Å²) in [6, 6.07) is 12.1. The number of anilines is 1. The normalized spacial score (nSPS) is 14.7. The van der Waals surface area contributed by atoms with E-state index in [1.807, 2.05) is 29.6 Å². The van der Waals surface area contributed by atoms with E-state index in [1.54, 1.807) is 11.3 Å². The molecule has 0 saturated carbocycles. The lowest BCUT2D eigenvalue weighted by Gasteiger charge is -2.21. The van der Waals surface area contributed by atoms with Crippen molar-refractivity contribution in [2.75, 3.05) is 11.4 Å². The number of thiophene rings is 2. The van der Waals surface area contributed by atoms with Crippen molar-refractivity contribution in [3.8, 4) is 10.6 Å². The van der Waals surface area contributed by atoms with Gasteiger partial charge in [0.25, 0.3) is 5.91 Å². The number of carbonyl (C=O) groups excluding carboxylic acids is 2. The summed E-state index contributed by atoms with van der Waals surface area (Å²) in [4.78, 5) is 33.7. The Hall–Kier alpha value is -3.04. The van der Waals surface area contributed by atoms with Crippen LogP contribution in [0.5, 0.6) is 0 Å². The van der Waals surface area contributed by atoms with Crippen LogP contribution in [-0.4, -0.2) is 23.2 Å². The number of amides is 1. The summed E-state index contributed by atoms with van der Waals surface area (Å²) in [6.07, 6.45) is -4.50. The van der Waals surface area contributed by atoms with E-state index < -0.39 is 17.6 Å². The maximum Gasteiger partial charge on any atom is 0.416 e. The minimum Gasteiger partial charge on any atom is -0.300 e. The number of halogens is 3. The molecule has 0 aliphatic carbocycles. The topological polar surface area (TPSA) is 50.3 Å². The molecular formula is C22H13F3N2O2S2. The second-order valence-electron chi connectivity index (χ2n) is 7.09. The molecule has 4 heterocycles. The minimum absolute atomic E-state index is 0.0383. The largest absolute Gasteiger partial charge is 0.416 e. The van der Waals surface area contributed by atoms with Gasteiger partial charge in [-0.3, -0.25) is 9.59 Å². The van der Waals surface area contributed by atoms with Crippen molar-refractivity contribution < 1.29 is 22.8 Å². The molecule has 1 aliphatic rings. The van der Waals surface area contributed by atoms with E-state index in [0.717, 1.165) is 33.0 Å². The van der Waals surface area contributed by atoms with Crippen molar-refractivity contribution in [2.45, 2.75) is 12.6 Å². The van der Waals surface area contributed by atoms with Crippen LogP contribution in [0.1, 0.15) is 20.8 Å². The molecule has 9 heteroatoms. The molecule has 3 aromatic heterocycles. The summed E-state index contributed by atoms with van der Waals surface area (Å²) in [5.41, 5.74) is 0.543. The molecule has 0 fully saturated rings. The molecule has 0 saturated heterocycles. The summed E-state index contributed by atoms with van der Waals surface area (Å²) in [5.74, 6) is -0.729. The van der Waals surface area contributed by atoms with Gasteiger partial charge in [0.05, 0.1) is 27.6 Å². The highest BCUT2D eigenvalue weighted by Crippen LogP contribution is 2.37. The third-order valence-corrected chi connectivity index (χ3v) is 7.09. The lowest BCUT2D eigenvalue weighted by molar-refractivity contribution is -0.137. The monoisotopic (exact) mass is 458 g/mol. The highest BCUT2D eigenvalue weighted by Gasteiger charge is 2.34. The Balaban J connectivity index is 1.60. The van der Waals surface area contributed by atoms with Gasteiger partial charge in [0.1, 0.15) is 4.83 Å². The highest BCUT2D eigenvalue weighted by atomic mass is 32.1. The fourth-order valence-electron chi connectivity index (χ4n) is 3.62. The lowest BCUT2D eigenvalue weighted by Crippen LogP contribution is -2.33. The number of nitrogens with zero attached hydrogens (tertiary/aromatic N) is 2. The average Bonchev–Trinajstić information content (AvgIpc) is 3.37. The van der Waals surface area contributed by atoms with Gasteiger partial charge in [-0.25, -0.2) is 4.98 Å². The molecule has 0 radical (unpaired) electrons. The summed E-state index contributed by atoms with van der Waals surface area (Å²) in [5, 5.41) is 2.67. The number of pyridine rings is 1. The Morgan fingerprint density at radius 2 is 1.87 bits per heavy atom. The smallest absolute Gasteiger partial charge is 0.300 e. The van der Waals surface area contributed by atoms with E-state index in [-0.39, 0.29) is 24.4 Å². The van der Waals surface area contributed by atoms with Crippen LogP contribution >= 0.6 is 22.7 Å². The predicted octanol–water partition coefficient (Wildman–Crippen LogP) is 5.82. The number of rotatable bonds is 2. The van der Waals surface area contributed by atoms with Crippen LogP contribution in [0.4, 0.5) is 18.9 Å². The van der Waals surface area contributed by atoms with Gasteiger partial charge in [-0.1, -0.05) is 12.1 Å². The number of alkyl halides is 3. The highest BCUT2D eigenvalue weighted by molar-refractivity contribution is 7.20. The van der Waals surface area contributed by atoms with Crippen molar-refractivity contribution in [1.29, 1.82) is 0 Å². The van der Waals surface area contributed by atoms with Gasteiger partial charge in [-0.2, -0.15) is 13.2 Å². The zero-order chi connectivity index (χ0) is 21.8. The predicted molar refractivity (Wildman–Crippen MR) is 115 cm³/mol. The molecule has 4 aromatic rings. The Labute approximate surface area is 182 Å². The molecule has 0 spiro atoms. The molecule has 31 heavy (non-hydrogen) atoms. The Bertz CT molecular complexity index is 1330. The summed E-state index contributed by atoms with van der Waals surface area (Å²) >= 11 is 2.72. The maximum absolute atomic E-state index is 13.3. The van der Waals surface area contributed by atoms with E-state index in [9.17, 15) is 22.8 Å². The van der Waals surface area contributed by atoms with Gasteiger partial charge in [0.2, 0.25) is 0 Å². The molecule has 4 nitrogen and oxygen atoms in total. The number of hydrogen-bond donors (Lipinski definition) is 0. The molecule has 1 aromatic carbocycles. The van der Waals surface area contributed by atoms with E-state index in [4.69, 9.17) is 0 Å². The van der Waals surface area contributed by atoms with Crippen LogP contribution in [-0.2, 0) is 17.4 Å². The molecular weight excluding hydrogens is 445 g/mol. The molecule has 0 unspecified atom stereocenters. The molecule has 156 valence electrons. The fraction of sp³-hybridized carbons (Fsp3) is 0.136. The number of hydrogen-bond acceptors (Lipinski definition) is 5. The molecule has 1 aliphatic heterocycles. The summed E-state index contributed by atoms with van der Waals surface area (Å²) < 4.78 is 39.4. The van der Waals surface area contributed by atoms with Gasteiger partial charge in [0.15, 0.2) is 5.78 Å². The van der Waals surface area contributed by atoms with Crippen molar-refractivity contribution in [3.05, 3.63) is 69.9 Å². The van der Waals surface area contributed by atoms with Gasteiger partial charge in [-0.05, 0) is 47.3 Å². The third kappa shape index (κ3) is 3.53. The summed E-state index contributed by atoms with van der Waals surface area (Å²) in [7, 11) is 0. The fourth-order valence-corrected chi connectivity index (χ4v) is 5.46. The molecule has 1 amide bonds. The van der Waals surface area contributed by atoms with E-state index >= 15 is 0 Å². The molecule has 0 N–H and O–H groups in total. The molecule has 5 rings (SSSR count). The first-order chi connectivity index (χ1) is 14.8. The van der Waals surface area contributed by atoms with Crippen molar-refractivity contribution in [1.82, 2.24) is 4.98 Å². The van der Waals surface area contributed by atoms with Crippen molar-refractivity contribution in [3.63, 3.8) is 0 Å². The molecule has 0 atom stereocenters. The number of fused-ring (bicyclic) bond motifs is 3. The minimum atomic E-state index is -4.54. The SMILES string of the molecule is O=C1Cc2c(sc3nc(-c4cccs4)ccc23)C(=O)N(c2cccc(C(F)(F)F)c2)C1. The van der Waals surface area contributed by atoms with E-state index in [2.05, 4.69) is 4.98 Å². The van der Waals surface area contributed by atoms with Crippen molar-refractivity contribution >= 4 is 50.3 Å². The van der Waals surface area contributed by atoms with Crippen LogP contribution in [0.15, 0.2) is 53.9 Å². The number of Topliss-reactive ketones (excluding diaryl/α,β-unsaturated/α-hetero) is 1. The zero-order valence-corrected chi connectivity index (χ0v) is 17.4. The second kappa shape index (κ2) is 7.28. The quantitative estimate of drug-likeness (QED) is 0.381. The van der Waals surface area contributed by atoms with Gasteiger partial charge in [-0.15, -0.1) is 22.7 Å². The average molecular weight is 458 g/mol. The zero-order valence-electron chi connectivity index (χ0n) is 15.8. The molecule has 0 bridgehead atoms. The first-order valence-electron chi connectivity index (χ1n) is 9.28. The standard InChI is InChI=1S/C22H13F3N2O2S2/c23-22(24,25)12-3-1-4-13(9-12)27-11-14(28)10-16-15-6-7-17(18-5-2-8-30-18)26-20(15)31-19(16)21(27)29/h1-9H,10-11H2. The van der Waals surface area contributed by atoms with Gasteiger partial charge < -0.3 is 4.90 Å². The van der Waals surface area contributed by atoms with Crippen molar-refractivity contribution in [2.24, 2.45) is 0 Å². The third-order valence-electron chi connectivity index (χ3n) is 5.06. The Morgan fingerprint density at radius 3 is 2.61 bits per heavy atom. The number of benzene rings is 1. The first-order valence-corrected chi connectivity index (χ1v) is 11.0. The van der Waals surface area contributed by atoms with E-state index in [0.29, 0.717) is 15.3 Å². The van der Waals surface area contributed by atoms with Crippen LogP contribution in [0.2, 0.25) is 0 Å². The maximum atomic E-state index is 13.3. The van der Waals surface area contributed by atoms with E-state index in [1.165, 1.54) is 23.5 Å². The van der Waals surface area contributed by atoms with Crippen LogP contribution in [0.3, 0.4) is 0 Å². The Morgan fingerprint density at radius 1 is 1.03 bits per heavy atom. The second-order valence-corrected chi connectivity index (χ2v) is 9.04. The number of aromatic nitrogens is 1. The van der Waals surface area contributed by atoms with Gasteiger partial charge >= 0.3 is 6.18 Å². The Kier molecular flexibility index (Phi) is 4.67. The number of ketones is 1. The van der Waals surface area contributed by atoms with Crippen LogP contribution < -0.4 is 4.90 Å². The van der Waals surface area contributed by atoms with Crippen LogP contribution in [0, 0.1) is 0 Å². The lowest BCUT2D eigenvalue weighted by atomic mass is 10.1.